The maximum Gasteiger partial charge on any atom is 0.345 e. The molecule has 2 N–H and O–H groups in total. The van der Waals surface area contributed by atoms with Crippen molar-refractivity contribution in [3.8, 4) is 0 Å². The molecule has 0 aromatic rings. The maximum absolute atomic E-state index is 10.1. The summed E-state index contributed by atoms with van der Waals surface area (Å²) in [7, 11) is 0. The standard InChI is InChI=1S/C4H7N3O/c1-3(5)7-4(8)6-2/h2H2,1H3,(H2,5,7,8). The average Bonchev–Trinajstić information content (AvgIpc) is 1.65. The number of urea groups is 1. The number of carbonyl (C=O) groups is 1. The van der Waals surface area contributed by atoms with Crippen molar-refractivity contribution in [1.82, 2.24) is 5.32 Å². The number of amidine groups is 1. The molecule has 0 bridgehead atoms. The Balaban J connectivity index is 3.55. The summed E-state index contributed by atoms with van der Waals surface area (Å²) in [5.74, 6) is 0.0717. The van der Waals surface area contributed by atoms with Crippen LogP contribution in [-0.4, -0.2) is 18.6 Å². The minimum absolute atomic E-state index is 0.0717. The zero-order chi connectivity index (χ0) is 6.57. The summed E-state index contributed by atoms with van der Waals surface area (Å²) in [6, 6.07) is -0.586. The van der Waals surface area contributed by atoms with Crippen molar-refractivity contribution in [2.75, 3.05) is 0 Å². The third-order valence-electron chi connectivity index (χ3n) is 0.438. The molecule has 44 valence electrons. The second-order valence-corrected chi connectivity index (χ2v) is 1.21. The van der Waals surface area contributed by atoms with E-state index in [-0.39, 0.29) is 5.84 Å². The molecule has 0 atom stereocenters. The van der Waals surface area contributed by atoms with Crippen LogP contribution in [0.5, 0.6) is 0 Å². The SMILES string of the molecule is C=NC(=O)NC(C)=N. The molecular formula is C4H7N3O. The van der Waals surface area contributed by atoms with E-state index in [1.165, 1.54) is 6.92 Å². The van der Waals surface area contributed by atoms with Crippen LogP contribution >= 0.6 is 0 Å². The molecule has 0 fully saturated rings. The summed E-state index contributed by atoms with van der Waals surface area (Å²) in [5, 5.41) is 8.82. The lowest BCUT2D eigenvalue weighted by Gasteiger charge is -1.92. The molecular weight excluding hydrogens is 106 g/mol. The Morgan fingerprint density at radius 1 is 1.88 bits per heavy atom. The molecule has 0 aliphatic heterocycles. The van der Waals surface area contributed by atoms with E-state index in [4.69, 9.17) is 5.41 Å². The van der Waals surface area contributed by atoms with Gasteiger partial charge in [0.15, 0.2) is 0 Å². The van der Waals surface area contributed by atoms with Crippen LogP contribution in [0.4, 0.5) is 4.79 Å². The predicted octanol–water partition coefficient (Wildman–Crippen LogP) is 0.394. The Bertz CT molecular complexity index is 129. The Morgan fingerprint density at radius 2 is 2.38 bits per heavy atom. The normalized spacial score (nSPS) is 7.62. The summed E-state index contributed by atoms with van der Waals surface area (Å²) in [5.41, 5.74) is 0. The van der Waals surface area contributed by atoms with Crippen LogP contribution in [0.25, 0.3) is 0 Å². The summed E-state index contributed by atoms with van der Waals surface area (Å²) < 4.78 is 0. The van der Waals surface area contributed by atoms with E-state index < -0.39 is 6.03 Å². The lowest BCUT2D eigenvalue weighted by molar-refractivity contribution is 0.253. The van der Waals surface area contributed by atoms with E-state index in [0.29, 0.717) is 0 Å². The van der Waals surface area contributed by atoms with E-state index >= 15 is 0 Å². The van der Waals surface area contributed by atoms with Crippen molar-refractivity contribution in [2.45, 2.75) is 6.92 Å². The first-order valence-corrected chi connectivity index (χ1v) is 1.99. The number of carbonyl (C=O) groups excluding carboxylic acids is 1. The van der Waals surface area contributed by atoms with Crippen LogP contribution in [-0.2, 0) is 0 Å². The lowest BCUT2D eigenvalue weighted by atomic mass is 10.7. The van der Waals surface area contributed by atoms with E-state index in [0.717, 1.165) is 0 Å². The molecule has 0 spiro atoms. The molecule has 4 nitrogen and oxygen atoms in total. The summed E-state index contributed by atoms with van der Waals surface area (Å²) in [6.07, 6.45) is 0. The summed E-state index contributed by atoms with van der Waals surface area (Å²) in [4.78, 5) is 13.1. The van der Waals surface area contributed by atoms with Crippen LogP contribution in [0.15, 0.2) is 4.99 Å². The molecule has 0 rings (SSSR count). The van der Waals surface area contributed by atoms with Gasteiger partial charge in [-0.2, -0.15) is 0 Å². The fraction of sp³-hybridized carbons (Fsp3) is 0.250. The molecule has 0 saturated carbocycles. The monoisotopic (exact) mass is 113 g/mol. The van der Waals surface area contributed by atoms with Crippen LogP contribution in [0, 0.1) is 5.41 Å². The van der Waals surface area contributed by atoms with Gasteiger partial charge in [0, 0.05) is 0 Å². The van der Waals surface area contributed by atoms with Crippen LogP contribution in [0.2, 0.25) is 0 Å². The van der Waals surface area contributed by atoms with Gasteiger partial charge in [-0.05, 0) is 13.6 Å². The van der Waals surface area contributed by atoms with Gasteiger partial charge < -0.3 is 0 Å². The fourth-order valence-corrected chi connectivity index (χ4v) is 0.200. The first kappa shape index (κ1) is 6.81. The minimum Gasteiger partial charge on any atom is -0.295 e. The molecule has 0 heterocycles. The maximum atomic E-state index is 10.1. The van der Waals surface area contributed by atoms with Crippen molar-refractivity contribution >= 4 is 18.6 Å². The van der Waals surface area contributed by atoms with Gasteiger partial charge in [-0.3, -0.25) is 10.7 Å². The number of nitrogens with one attached hydrogen (secondary N) is 2. The third kappa shape index (κ3) is 3.02. The van der Waals surface area contributed by atoms with Crippen LogP contribution in [0.1, 0.15) is 6.92 Å². The molecule has 8 heavy (non-hydrogen) atoms. The van der Waals surface area contributed by atoms with Gasteiger partial charge in [-0.15, -0.1) is 0 Å². The Labute approximate surface area is 47.1 Å². The Hall–Kier alpha value is -1.19. The van der Waals surface area contributed by atoms with Gasteiger partial charge in [0.25, 0.3) is 0 Å². The highest BCUT2D eigenvalue weighted by Gasteiger charge is 1.91. The Morgan fingerprint density at radius 3 is 2.50 bits per heavy atom. The molecule has 0 radical (unpaired) electrons. The van der Waals surface area contributed by atoms with E-state index in [2.05, 4.69) is 17.0 Å². The second kappa shape index (κ2) is 2.90. The zero-order valence-corrected chi connectivity index (χ0v) is 4.56. The molecule has 0 unspecified atom stereocenters. The molecule has 0 aromatic carbocycles. The number of hydrogen-bond acceptors (Lipinski definition) is 2. The van der Waals surface area contributed by atoms with Gasteiger partial charge in [0.1, 0.15) is 0 Å². The third-order valence-corrected chi connectivity index (χ3v) is 0.438. The van der Waals surface area contributed by atoms with Gasteiger partial charge in [0.05, 0.1) is 5.84 Å². The van der Waals surface area contributed by atoms with E-state index in [1.54, 1.807) is 0 Å². The molecule has 0 aliphatic rings. The van der Waals surface area contributed by atoms with Crippen molar-refractivity contribution < 1.29 is 4.79 Å². The first-order chi connectivity index (χ1) is 3.66. The lowest BCUT2D eigenvalue weighted by Crippen LogP contribution is -2.23. The second-order valence-electron chi connectivity index (χ2n) is 1.21. The van der Waals surface area contributed by atoms with Crippen LogP contribution < -0.4 is 5.32 Å². The molecule has 0 saturated heterocycles. The highest BCUT2D eigenvalue weighted by Crippen LogP contribution is 1.68. The number of nitrogens with zero attached hydrogens (tertiary/aromatic N) is 1. The molecule has 0 aromatic heterocycles. The quantitative estimate of drug-likeness (QED) is 0.346. The topological polar surface area (TPSA) is 65.3 Å². The van der Waals surface area contributed by atoms with Crippen molar-refractivity contribution in [2.24, 2.45) is 4.99 Å². The Kier molecular flexibility index (Phi) is 2.47. The predicted molar refractivity (Wildman–Crippen MR) is 31.5 cm³/mol. The number of hydrogen-bond donors (Lipinski definition) is 2. The van der Waals surface area contributed by atoms with Crippen molar-refractivity contribution in [3.63, 3.8) is 0 Å². The van der Waals surface area contributed by atoms with Gasteiger partial charge in [-0.25, -0.2) is 9.79 Å². The van der Waals surface area contributed by atoms with Crippen LogP contribution in [0.3, 0.4) is 0 Å². The van der Waals surface area contributed by atoms with E-state index in [9.17, 15) is 4.79 Å². The number of aliphatic imine (C=N–C) groups is 1. The van der Waals surface area contributed by atoms with E-state index in [1.807, 2.05) is 0 Å². The molecule has 0 aliphatic carbocycles. The van der Waals surface area contributed by atoms with Gasteiger partial charge in [-0.1, -0.05) is 0 Å². The van der Waals surface area contributed by atoms with Gasteiger partial charge >= 0.3 is 6.03 Å². The summed E-state index contributed by atoms with van der Waals surface area (Å²) in [6.45, 7) is 4.40. The largest absolute Gasteiger partial charge is 0.345 e. The highest BCUT2D eigenvalue weighted by atomic mass is 16.2. The minimum atomic E-state index is -0.586. The van der Waals surface area contributed by atoms with Crippen molar-refractivity contribution in [3.05, 3.63) is 0 Å². The molecule has 4 heteroatoms. The van der Waals surface area contributed by atoms with Gasteiger partial charge in [0.2, 0.25) is 0 Å². The smallest absolute Gasteiger partial charge is 0.295 e. The van der Waals surface area contributed by atoms with Crippen molar-refractivity contribution in [1.29, 1.82) is 5.41 Å². The first-order valence-electron chi connectivity index (χ1n) is 1.99. The average molecular weight is 113 g/mol. The fourth-order valence-electron chi connectivity index (χ4n) is 0.200. The summed E-state index contributed by atoms with van der Waals surface area (Å²) >= 11 is 0. The molecule has 2 amide bonds. The number of amides is 2. The highest BCUT2D eigenvalue weighted by molar-refractivity contribution is 5.96. The zero-order valence-electron chi connectivity index (χ0n) is 4.56. The number of rotatable bonds is 0.